The smallest absolute Gasteiger partial charge is 0.427 e. The maximum atomic E-state index is 11.0. The van der Waals surface area contributed by atoms with Gasteiger partial charge >= 0.3 is 7.12 Å². The molecule has 1 aromatic rings. The second kappa shape index (κ2) is 9.71. The summed E-state index contributed by atoms with van der Waals surface area (Å²) in [6.07, 6.45) is 4.53. The zero-order valence-corrected chi connectivity index (χ0v) is 13.0. The van der Waals surface area contributed by atoms with Crippen LogP contribution in [0.4, 0.5) is 0 Å². The van der Waals surface area contributed by atoms with E-state index in [1.54, 1.807) is 0 Å². The first-order valence-electron chi connectivity index (χ1n) is 7.55. The number of rotatable bonds is 10. The second-order valence-electron chi connectivity index (χ2n) is 5.65. The topological polar surface area (TPSA) is 72.5 Å². The van der Waals surface area contributed by atoms with Gasteiger partial charge in [-0.1, -0.05) is 44.0 Å². The number of hydrogen-bond acceptors (Lipinski definition) is 4. The Morgan fingerprint density at radius 1 is 1.48 bits per heavy atom. The van der Waals surface area contributed by atoms with Crippen molar-refractivity contribution < 1.29 is 14.5 Å². The highest BCUT2D eigenvalue weighted by molar-refractivity contribution is 6.42. The monoisotopic (exact) mass is 291 g/mol. The van der Waals surface area contributed by atoms with Crippen LogP contribution >= 0.6 is 0 Å². The van der Waals surface area contributed by atoms with Crippen molar-refractivity contribution in [3.63, 3.8) is 0 Å². The van der Waals surface area contributed by atoms with Crippen molar-refractivity contribution in [3.8, 4) is 0 Å². The van der Waals surface area contributed by atoms with Gasteiger partial charge in [0.2, 0.25) is 0 Å². The Balaban J connectivity index is 2.50. The van der Waals surface area contributed by atoms with Gasteiger partial charge in [-0.15, -0.1) is 0 Å². The van der Waals surface area contributed by atoms with Gasteiger partial charge in [0.15, 0.2) is 0 Å². The summed E-state index contributed by atoms with van der Waals surface area (Å²) < 4.78 is 4.83. The van der Waals surface area contributed by atoms with Gasteiger partial charge in [-0.25, -0.2) is 0 Å². The molecule has 0 aliphatic heterocycles. The van der Waals surface area contributed by atoms with Gasteiger partial charge in [0.25, 0.3) is 0 Å². The number of carbonyl (C=O) groups excluding carboxylic acids is 1. The van der Waals surface area contributed by atoms with Crippen LogP contribution in [-0.4, -0.2) is 32.1 Å². The van der Waals surface area contributed by atoms with Crippen LogP contribution in [0.15, 0.2) is 24.3 Å². The fourth-order valence-electron chi connectivity index (χ4n) is 2.48. The second-order valence-corrected chi connectivity index (χ2v) is 5.65. The predicted octanol–water partition coefficient (Wildman–Crippen LogP) is 2.01. The highest BCUT2D eigenvalue weighted by Crippen LogP contribution is 2.19. The van der Waals surface area contributed by atoms with E-state index in [1.165, 1.54) is 12.7 Å². The van der Waals surface area contributed by atoms with E-state index in [2.05, 4.69) is 19.1 Å². The number of carbonyl (C=O) groups is 1. The quantitative estimate of drug-likeness (QED) is 0.511. The van der Waals surface area contributed by atoms with Crippen LogP contribution in [0, 0.1) is 5.92 Å². The van der Waals surface area contributed by atoms with Gasteiger partial charge in [-0.3, -0.25) is 0 Å². The van der Waals surface area contributed by atoms with Crippen molar-refractivity contribution in [1.29, 1.82) is 0 Å². The third-order valence-corrected chi connectivity index (χ3v) is 3.80. The first-order valence-corrected chi connectivity index (χ1v) is 7.55. The molecule has 0 spiro atoms. The Kier molecular flexibility index (Phi) is 8.27. The molecule has 0 amide bonds. The summed E-state index contributed by atoms with van der Waals surface area (Å²) in [7, 11) is 0.860. The van der Waals surface area contributed by atoms with Gasteiger partial charge in [0.05, 0.1) is 5.92 Å². The molecule has 0 aromatic heterocycles. The lowest BCUT2D eigenvalue weighted by atomic mass is 9.81. The Hall–Kier alpha value is -1.17. The highest BCUT2D eigenvalue weighted by atomic mass is 16.5. The Bertz CT molecular complexity index is 428. The zero-order valence-electron chi connectivity index (χ0n) is 13.0. The molecule has 0 aliphatic rings. The fraction of sp³-hybridized carbons (Fsp3) is 0.562. The molecule has 5 heteroatoms. The Morgan fingerprint density at radius 2 is 2.24 bits per heavy atom. The number of hydrogen-bond donors (Lipinski definition) is 2. The summed E-state index contributed by atoms with van der Waals surface area (Å²) in [5.41, 5.74) is 7.83. The van der Waals surface area contributed by atoms with Gasteiger partial charge in [0.1, 0.15) is 6.29 Å². The van der Waals surface area contributed by atoms with E-state index in [-0.39, 0.29) is 5.92 Å². The minimum atomic E-state index is -0.654. The van der Waals surface area contributed by atoms with Crippen LogP contribution in [0.25, 0.3) is 0 Å². The van der Waals surface area contributed by atoms with Gasteiger partial charge in [0, 0.05) is 13.7 Å². The van der Waals surface area contributed by atoms with E-state index in [9.17, 15) is 9.82 Å². The Labute approximate surface area is 127 Å². The minimum Gasteiger partial charge on any atom is -0.427 e. The molecule has 0 fully saturated rings. The third-order valence-electron chi connectivity index (χ3n) is 3.80. The summed E-state index contributed by atoms with van der Waals surface area (Å²) in [5, 5.41) is 9.35. The standard InChI is InChI=1S/C16H26BNO3/c1-13(5-4-8-17(20)21-2)9-14-6-3-7-15(10-14)16(11-18)12-19/h3,6-7,10,12-13,16,20H,4-5,8-9,11,18H2,1-2H3. The Morgan fingerprint density at radius 3 is 2.86 bits per heavy atom. The van der Waals surface area contributed by atoms with Crippen LogP contribution < -0.4 is 5.73 Å². The van der Waals surface area contributed by atoms with E-state index < -0.39 is 7.12 Å². The van der Waals surface area contributed by atoms with Crippen LogP contribution in [-0.2, 0) is 15.9 Å². The molecule has 21 heavy (non-hydrogen) atoms. The van der Waals surface area contributed by atoms with E-state index in [1.807, 2.05) is 12.1 Å². The maximum absolute atomic E-state index is 11.0. The highest BCUT2D eigenvalue weighted by Gasteiger charge is 2.12. The molecular weight excluding hydrogens is 265 g/mol. The number of aldehydes is 1. The molecule has 1 aromatic carbocycles. The lowest BCUT2D eigenvalue weighted by Crippen LogP contribution is -2.15. The molecule has 1 rings (SSSR count). The summed E-state index contributed by atoms with van der Waals surface area (Å²) in [6.45, 7) is 2.55. The average Bonchev–Trinajstić information content (AvgIpc) is 2.48. The molecule has 2 atom stereocenters. The molecular formula is C16H26BNO3. The normalized spacial score (nSPS) is 13.7. The molecule has 0 saturated carbocycles. The molecule has 2 unspecified atom stereocenters. The molecule has 116 valence electrons. The lowest BCUT2D eigenvalue weighted by Gasteiger charge is -2.14. The largest absolute Gasteiger partial charge is 0.453 e. The van der Waals surface area contributed by atoms with Gasteiger partial charge < -0.3 is 20.2 Å². The number of benzene rings is 1. The molecule has 0 saturated heterocycles. The first kappa shape index (κ1) is 17.9. The van der Waals surface area contributed by atoms with E-state index in [0.717, 1.165) is 31.1 Å². The third kappa shape index (κ3) is 6.42. The maximum Gasteiger partial charge on any atom is 0.453 e. The molecule has 4 nitrogen and oxygen atoms in total. The van der Waals surface area contributed by atoms with E-state index in [0.29, 0.717) is 18.8 Å². The van der Waals surface area contributed by atoms with Crippen LogP contribution in [0.1, 0.15) is 36.8 Å². The lowest BCUT2D eigenvalue weighted by molar-refractivity contribution is -0.108. The first-order chi connectivity index (χ1) is 10.1. The molecule has 0 bridgehead atoms. The fourth-order valence-corrected chi connectivity index (χ4v) is 2.48. The summed E-state index contributed by atoms with van der Waals surface area (Å²) in [4.78, 5) is 11.0. The predicted molar refractivity (Wildman–Crippen MR) is 86.2 cm³/mol. The molecule has 0 heterocycles. The summed E-state index contributed by atoms with van der Waals surface area (Å²) >= 11 is 0. The summed E-state index contributed by atoms with van der Waals surface area (Å²) in [5.74, 6) is 0.314. The van der Waals surface area contributed by atoms with Crippen molar-refractivity contribution in [2.24, 2.45) is 11.7 Å². The van der Waals surface area contributed by atoms with Crippen molar-refractivity contribution in [3.05, 3.63) is 35.4 Å². The molecule has 0 radical (unpaired) electrons. The minimum absolute atomic E-state index is 0.211. The van der Waals surface area contributed by atoms with E-state index in [4.69, 9.17) is 10.4 Å². The van der Waals surface area contributed by atoms with Crippen LogP contribution in [0.5, 0.6) is 0 Å². The SMILES string of the molecule is COB(O)CCCC(C)Cc1cccc(C(C=O)CN)c1. The van der Waals surface area contributed by atoms with E-state index >= 15 is 0 Å². The van der Waals surface area contributed by atoms with Crippen molar-refractivity contribution in [2.75, 3.05) is 13.7 Å². The van der Waals surface area contributed by atoms with Crippen molar-refractivity contribution in [2.45, 2.75) is 38.4 Å². The zero-order chi connectivity index (χ0) is 15.7. The van der Waals surface area contributed by atoms with Gasteiger partial charge in [-0.05, 0) is 29.8 Å². The van der Waals surface area contributed by atoms with Crippen molar-refractivity contribution >= 4 is 13.4 Å². The van der Waals surface area contributed by atoms with Crippen molar-refractivity contribution in [1.82, 2.24) is 0 Å². The molecule has 3 N–H and O–H groups in total. The molecule has 0 aliphatic carbocycles. The number of nitrogens with two attached hydrogens (primary N) is 1. The van der Waals surface area contributed by atoms with Crippen LogP contribution in [0.3, 0.4) is 0 Å². The summed E-state index contributed by atoms with van der Waals surface area (Å²) in [6, 6.07) is 8.10. The van der Waals surface area contributed by atoms with Gasteiger partial charge in [-0.2, -0.15) is 0 Å². The van der Waals surface area contributed by atoms with Crippen LogP contribution in [0.2, 0.25) is 6.32 Å². The average molecular weight is 291 g/mol.